The van der Waals surface area contributed by atoms with E-state index in [1.54, 1.807) is 23.1 Å². The van der Waals surface area contributed by atoms with E-state index >= 15 is 0 Å². The molecule has 1 saturated heterocycles. The Hall–Kier alpha value is -3.36. The van der Waals surface area contributed by atoms with Crippen LogP contribution in [0.2, 0.25) is 0 Å². The molecule has 1 fully saturated rings. The van der Waals surface area contributed by atoms with Crippen molar-refractivity contribution in [2.24, 2.45) is 0 Å². The highest BCUT2D eigenvalue weighted by molar-refractivity contribution is 7.20. The van der Waals surface area contributed by atoms with Crippen LogP contribution in [0.25, 0.3) is 10.4 Å². The van der Waals surface area contributed by atoms with Gasteiger partial charge in [0, 0.05) is 30.0 Å². The van der Waals surface area contributed by atoms with Crippen LogP contribution in [0.5, 0.6) is 11.5 Å². The molecular formula is C26H26N2O5S. The maximum absolute atomic E-state index is 13.5. The van der Waals surface area contributed by atoms with Gasteiger partial charge in [-0.25, -0.2) is 0 Å². The SMILES string of the molecule is Cc1c(-c2ccccc2)sc(NC(=O)c2ccc3c(c2)OCCCO3)c1C(=O)N1CCOCC1. The number of ether oxygens (including phenoxy) is 3. The van der Waals surface area contributed by atoms with Gasteiger partial charge in [0.05, 0.1) is 32.0 Å². The number of morpholine rings is 1. The lowest BCUT2D eigenvalue weighted by Crippen LogP contribution is -2.41. The van der Waals surface area contributed by atoms with Crippen molar-refractivity contribution < 1.29 is 23.8 Å². The molecule has 0 unspecified atom stereocenters. The zero-order valence-corrected chi connectivity index (χ0v) is 19.8. The molecule has 5 rings (SSSR count). The molecule has 0 aliphatic carbocycles. The Kier molecular flexibility index (Phi) is 6.51. The molecule has 0 saturated carbocycles. The van der Waals surface area contributed by atoms with Crippen molar-refractivity contribution in [2.45, 2.75) is 13.3 Å². The van der Waals surface area contributed by atoms with Crippen molar-refractivity contribution >= 4 is 28.2 Å². The number of carbonyl (C=O) groups is 2. The van der Waals surface area contributed by atoms with Gasteiger partial charge in [-0.3, -0.25) is 9.59 Å². The number of anilines is 1. The molecule has 8 heteroatoms. The molecule has 2 amide bonds. The second-order valence-corrected chi connectivity index (χ2v) is 9.22. The number of nitrogens with one attached hydrogen (secondary N) is 1. The summed E-state index contributed by atoms with van der Waals surface area (Å²) in [6, 6.07) is 15.1. The fourth-order valence-electron chi connectivity index (χ4n) is 4.13. The molecule has 0 bridgehead atoms. The third-order valence-electron chi connectivity index (χ3n) is 5.93. The third kappa shape index (κ3) is 4.51. The standard InChI is InChI=1S/C26H26N2O5S/c1-17-22(26(30)28-10-14-31-15-11-28)25(34-23(17)18-6-3-2-4-7-18)27-24(29)19-8-9-20-21(16-19)33-13-5-12-32-20/h2-4,6-9,16H,5,10-15H2,1H3,(H,27,29). The summed E-state index contributed by atoms with van der Waals surface area (Å²) in [7, 11) is 0. The Morgan fingerprint density at radius 2 is 1.68 bits per heavy atom. The number of amides is 2. The number of fused-ring (bicyclic) bond motifs is 1. The van der Waals surface area contributed by atoms with Crippen LogP contribution in [0.15, 0.2) is 48.5 Å². The molecule has 3 aromatic rings. The number of benzene rings is 2. The van der Waals surface area contributed by atoms with Gasteiger partial charge in [0.25, 0.3) is 11.8 Å². The van der Waals surface area contributed by atoms with E-state index in [0.29, 0.717) is 67.1 Å². The fraction of sp³-hybridized carbons (Fsp3) is 0.308. The molecule has 0 radical (unpaired) electrons. The Morgan fingerprint density at radius 3 is 2.44 bits per heavy atom. The largest absolute Gasteiger partial charge is 0.490 e. The first kappa shape index (κ1) is 22.4. The molecule has 7 nitrogen and oxygen atoms in total. The summed E-state index contributed by atoms with van der Waals surface area (Å²) in [6.07, 6.45) is 0.792. The lowest BCUT2D eigenvalue weighted by atomic mass is 10.1. The van der Waals surface area contributed by atoms with Crippen molar-refractivity contribution in [1.82, 2.24) is 4.90 Å². The Morgan fingerprint density at radius 1 is 0.941 bits per heavy atom. The highest BCUT2D eigenvalue weighted by Gasteiger charge is 2.28. The number of hydrogen-bond acceptors (Lipinski definition) is 6. The third-order valence-corrected chi connectivity index (χ3v) is 7.19. The van der Waals surface area contributed by atoms with E-state index in [1.807, 2.05) is 37.3 Å². The molecule has 3 heterocycles. The van der Waals surface area contributed by atoms with Crippen LogP contribution in [0, 0.1) is 6.92 Å². The van der Waals surface area contributed by atoms with E-state index in [1.165, 1.54) is 11.3 Å². The minimum absolute atomic E-state index is 0.0896. The van der Waals surface area contributed by atoms with Gasteiger partial charge in [-0.15, -0.1) is 11.3 Å². The zero-order chi connectivity index (χ0) is 23.5. The Bertz CT molecular complexity index is 1200. The summed E-state index contributed by atoms with van der Waals surface area (Å²) in [5.41, 5.74) is 2.86. The molecule has 1 N–H and O–H groups in total. The van der Waals surface area contributed by atoms with E-state index in [0.717, 1.165) is 22.4 Å². The lowest BCUT2D eigenvalue weighted by molar-refractivity contribution is 0.0303. The van der Waals surface area contributed by atoms with E-state index < -0.39 is 0 Å². The smallest absolute Gasteiger partial charge is 0.257 e. The summed E-state index contributed by atoms with van der Waals surface area (Å²) in [4.78, 5) is 29.5. The van der Waals surface area contributed by atoms with E-state index in [4.69, 9.17) is 14.2 Å². The van der Waals surface area contributed by atoms with Crippen LogP contribution >= 0.6 is 11.3 Å². The van der Waals surface area contributed by atoms with Gasteiger partial charge in [0.2, 0.25) is 0 Å². The highest BCUT2D eigenvalue weighted by atomic mass is 32.1. The molecule has 2 aliphatic heterocycles. The molecule has 1 aromatic heterocycles. The summed E-state index contributed by atoms with van der Waals surface area (Å²) >= 11 is 1.42. The van der Waals surface area contributed by atoms with Crippen molar-refractivity contribution in [3.8, 4) is 21.9 Å². The van der Waals surface area contributed by atoms with Crippen LogP contribution in [0.1, 0.15) is 32.7 Å². The van der Waals surface area contributed by atoms with Crippen molar-refractivity contribution in [1.29, 1.82) is 0 Å². The predicted octanol–water partition coefficient (Wildman–Crippen LogP) is 4.61. The van der Waals surface area contributed by atoms with Crippen LogP contribution in [0.3, 0.4) is 0 Å². The van der Waals surface area contributed by atoms with E-state index in [-0.39, 0.29) is 11.8 Å². The summed E-state index contributed by atoms with van der Waals surface area (Å²) < 4.78 is 16.8. The van der Waals surface area contributed by atoms with Gasteiger partial charge in [-0.1, -0.05) is 30.3 Å². The van der Waals surface area contributed by atoms with Crippen LogP contribution in [0.4, 0.5) is 5.00 Å². The monoisotopic (exact) mass is 478 g/mol. The maximum atomic E-state index is 13.5. The van der Waals surface area contributed by atoms with Gasteiger partial charge in [-0.05, 0) is 36.2 Å². The first-order valence-corrected chi connectivity index (χ1v) is 12.2. The van der Waals surface area contributed by atoms with Crippen LogP contribution < -0.4 is 14.8 Å². The fourth-order valence-corrected chi connectivity index (χ4v) is 5.33. The number of thiophene rings is 1. The van der Waals surface area contributed by atoms with Crippen LogP contribution in [-0.4, -0.2) is 56.2 Å². The van der Waals surface area contributed by atoms with Crippen molar-refractivity contribution in [3.63, 3.8) is 0 Å². The van der Waals surface area contributed by atoms with Crippen LogP contribution in [-0.2, 0) is 4.74 Å². The maximum Gasteiger partial charge on any atom is 0.257 e. The predicted molar refractivity (Wildman–Crippen MR) is 131 cm³/mol. The molecule has 176 valence electrons. The molecule has 34 heavy (non-hydrogen) atoms. The molecule has 2 aromatic carbocycles. The highest BCUT2D eigenvalue weighted by Crippen LogP contribution is 2.41. The molecule has 0 atom stereocenters. The first-order valence-electron chi connectivity index (χ1n) is 11.4. The minimum atomic E-state index is -0.299. The average Bonchev–Trinajstić information content (AvgIpc) is 3.04. The number of hydrogen-bond donors (Lipinski definition) is 1. The second kappa shape index (κ2) is 9.87. The molecule has 0 spiro atoms. The van der Waals surface area contributed by atoms with Crippen molar-refractivity contribution in [3.05, 3.63) is 65.2 Å². The molecule has 2 aliphatic rings. The van der Waals surface area contributed by atoms with Crippen molar-refractivity contribution in [2.75, 3.05) is 44.8 Å². The summed E-state index contributed by atoms with van der Waals surface area (Å²) in [5, 5.41) is 3.55. The number of carbonyl (C=O) groups excluding carboxylic acids is 2. The number of nitrogens with zero attached hydrogens (tertiary/aromatic N) is 1. The zero-order valence-electron chi connectivity index (χ0n) is 19.0. The normalized spacial score (nSPS) is 15.5. The van der Waals surface area contributed by atoms with Gasteiger partial charge in [0.1, 0.15) is 5.00 Å². The lowest BCUT2D eigenvalue weighted by Gasteiger charge is -2.27. The molecular weight excluding hydrogens is 452 g/mol. The quantitative estimate of drug-likeness (QED) is 0.593. The first-order chi connectivity index (χ1) is 16.6. The van der Waals surface area contributed by atoms with E-state index in [9.17, 15) is 9.59 Å². The summed E-state index contributed by atoms with van der Waals surface area (Å²) in [6.45, 7) is 5.16. The van der Waals surface area contributed by atoms with Gasteiger partial charge in [0.15, 0.2) is 11.5 Å². The minimum Gasteiger partial charge on any atom is -0.490 e. The Labute approximate surface area is 202 Å². The van der Waals surface area contributed by atoms with Gasteiger partial charge in [-0.2, -0.15) is 0 Å². The average molecular weight is 479 g/mol. The summed E-state index contributed by atoms with van der Waals surface area (Å²) in [5.74, 6) is 0.804. The van der Waals surface area contributed by atoms with E-state index in [2.05, 4.69) is 5.32 Å². The van der Waals surface area contributed by atoms with Gasteiger partial charge < -0.3 is 24.4 Å². The topological polar surface area (TPSA) is 77.1 Å². The number of rotatable bonds is 4. The van der Waals surface area contributed by atoms with Gasteiger partial charge >= 0.3 is 0 Å². The Balaban J connectivity index is 1.49. The second-order valence-electron chi connectivity index (χ2n) is 8.20.